The first kappa shape index (κ1) is 29.1. The maximum absolute atomic E-state index is 12.8. The summed E-state index contributed by atoms with van der Waals surface area (Å²) in [5.74, 6) is 0.0178. The number of furan rings is 1. The van der Waals surface area contributed by atoms with Crippen LogP contribution in [0.4, 0.5) is 11.4 Å². The average Bonchev–Trinajstić information content (AvgIpc) is 3.37. The largest absolute Gasteiger partial charge is 0.482 e. The van der Waals surface area contributed by atoms with Gasteiger partial charge in [-0.05, 0) is 42.8 Å². The van der Waals surface area contributed by atoms with Gasteiger partial charge in [-0.3, -0.25) is 14.9 Å². The molecule has 0 saturated heterocycles. The van der Waals surface area contributed by atoms with E-state index in [2.05, 4.69) is 5.32 Å². The standard InChI is InChI=1S/C25H14Cl6N2O6/c1-11-6-12(26)2-4-17(11)39-16-8-13(7-14(9-16)33(35)36)32-25(34)18-5-3-15(38-18)10-37-24-22(30)20(28)19(27)21(29)23(24)31/h2-9H,10H2,1H3,(H,32,34). The monoisotopic (exact) mass is 648 g/mol. The topological polar surface area (TPSA) is 104 Å². The fraction of sp³-hybridized carbons (Fsp3) is 0.0800. The Balaban J connectivity index is 1.50. The lowest BCUT2D eigenvalue weighted by Gasteiger charge is -2.13. The van der Waals surface area contributed by atoms with Crippen LogP contribution < -0.4 is 14.8 Å². The van der Waals surface area contributed by atoms with Crippen LogP contribution in [-0.4, -0.2) is 10.8 Å². The first-order chi connectivity index (χ1) is 18.4. The van der Waals surface area contributed by atoms with Crippen molar-refractivity contribution in [2.75, 3.05) is 5.32 Å². The molecular weight excluding hydrogens is 637 g/mol. The summed E-state index contributed by atoms with van der Waals surface area (Å²) >= 11 is 36.4. The predicted octanol–water partition coefficient (Wildman–Crippen LogP) is 10.0. The van der Waals surface area contributed by atoms with Gasteiger partial charge >= 0.3 is 0 Å². The van der Waals surface area contributed by atoms with Crippen LogP contribution in [0, 0.1) is 17.0 Å². The molecule has 1 aromatic heterocycles. The summed E-state index contributed by atoms with van der Waals surface area (Å²) in [6.07, 6.45) is 0. The highest BCUT2D eigenvalue weighted by molar-refractivity contribution is 6.55. The SMILES string of the molecule is Cc1cc(Cl)ccc1Oc1cc(NC(=O)c2ccc(COc3c(Cl)c(Cl)c(Cl)c(Cl)c3Cl)o2)cc([N+](=O)[O-])c1. The molecule has 1 amide bonds. The van der Waals surface area contributed by atoms with Crippen molar-refractivity contribution in [1.82, 2.24) is 0 Å². The zero-order valence-electron chi connectivity index (χ0n) is 19.5. The van der Waals surface area contributed by atoms with E-state index in [4.69, 9.17) is 83.5 Å². The summed E-state index contributed by atoms with van der Waals surface area (Å²) in [5, 5.41) is 14.4. The van der Waals surface area contributed by atoms with Gasteiger partial charge in [0.25, 0.3) is 11.6 Å². The van der Waals surface area contributed by atoms with Gasteiger partial charge in [0.2, 0.25) is 0 Å². The maximum Gasteiger partial charge on any atom is 0.291 e. The Bertz CT molecular complexity index is 1580. The zero-order valence-corrected chi connectivity index (χ0v) is 24.0. The van der Waals surface area contributed by atoms with E-state index in [-0.39, 0.29) is 66.1 Å². The maximum atomic E-state index is 12.8. The molecule has 39 heavy (non-hydrogen) atoms. The number of amides is 1. The molecule has 0 radical (unpaired) electrons. The molecule has 0 fully saturated rings. The highest BCUT2D eigenvalue weighted by atomic mass is 35.5. The highest BCUT2D eigenvalue weighted by Gasteiger charge is 2.22. The van der Waals surface area contributed by atoms with E-state index in [1.807, 2.05) is 0 Å². The number of halogens is 6. The highest BCUT2D eigenvalue weighted by Crippen LogP contribution is 2.48. The van der Waals surface area contributed by atoms with Crippen molar-refractivity contribution in [2.24, 2.45) is 0 Å². The Labute approximate surface area is 251 Å². The summed E-state index contributed by atoms with van der Waals surface area (Å²) in [4.78, 5) is 23.7. The van der Waals surface area contributed by atoms with Gasteiger partial charge in [-0.1, -0.05) is 69.6 Å². The van der Waals surface area contributed by atoms with Gasteiger partial charge in [-0.15, -0.1) is 0 Å². The van der Waals surface area contributed by atoms with Crippen molar-refractivity contribution in [2.45, 2.75) is 13.5 Å². The number of carbonyl (C=O) groups is 1. The molecule has 1 N–H and O–H groups in total. The number of ether oxygens (including phenoxy) is 2. The number of nitrogens with zero attached hydrogens (tertiary/aromatic N) is 1. The van der Waals surface area contributed by atoms with E-state index in [1.54, 1.807) is 25.1 Å². The van der Waals surface area contributed by atoms with Gasteiger partial charge in [-0.2, -0.15) is 0 Å². The summed E-state index contributed by atoms with van der Waals surface area (Å²) in [6, 6.07) is 11.7. The Kier molecular flexibility index (Phi) is 9.06. The predicted molar refractivity (Wildman–Crippen MR) is 152 cm³/mol. The van der Waals surface area contributed by atoms with E-state index in [9.17, 15) is 14.9 Å². The number of rotatable bonds is 8. The van der Waals surface area contributed by atoms with Gasteiger partial charge in [0.1, 0.15) is 33.9 Å². The molecule has 0 unspecified atom stereocenters. The third-order valence-corrected chi connectivity index (χ3v) is 7.62. The fourth-order valence-corrected chi connectivity index (χ4v) is 4.76. The molecule has 4 rings (SSSR count). The molecule has 4 aromatic rings. The Morgan fingerprint density at radius 3 is 2.23 bits per heavy atom. The number of aryl methyl sites for hydroxylation is 1. The van der Waals surface area contributed by atoms with Crippen molar-refractivity contribution in [3.8, 4) is 17.2 Å². The normalized spacial score (nSPS) is 10.8. The third kappa shape index (κ3) is 6.66. The molecule has 0 atom stereocenters. The minimum Gasteiger partial charge on any atom is -0.482 e. The van der Waals surface area contributed by atoms with Crippen molar-refractivity contribution < 1.29 is 23.6 Å². The molecule has 0 aliphatic carbocycles. The van der Waals surface area contributed by atoms with Crippen LogP contribution in [0.2, 0.25) is 30.1 Å². The summed E-state index contributed by atoms with van der Waals surface area (Å²) in [6.45, 7) is 1.59. The van der Waals surface area contributed by atoms with Crippen LogP contribution in [0.25, 0.3) is 0 Å². The molecule has 202 valence electrons. The number of nitrogens with one attached hydrogen (secondary N) is 1. The molecular formula is C25H14Cl6N2O6. The first-order valence-electron chi connectivity index (χ1n) is 10.7. The fourth-order valence-electron chi connectivity index (χ4n) is 3.30. The molecule has 0 saturated carbocycles. The number of nitro groups is 1. The molecule has 0 aliphatic heterocycles. The Morgan fingerprint density at radius 2 is 1.59 bits per heavy atom. The second-order valence-corrected chi connectivity index (χ2v) is 10.2. The second kappa shape index (κ2) is 12.1. The van der Waals surface area contributed by atoms with Gasteiger partial charge in [0, 0.05) is 17.2 Å². The molecule has 8 nitrogen and oxygen atoms in total. The summed E-state index contributed by atoms with van der Waals surface area (Å²) < 4.78 is 16.9. The zero-order chi connectivity index (χ0) is 28.4. The Morgan fingerprint density at radius 1 is 0.923 bits per heavy atom. The number of nitro benzene ring substituents is 1. The number of anilines is 1. The van der Waals surface area contributed by atoms with Crippen LogP contribution in [-0.2, 0) is 6.61 Å². The first-order valence-corrected chi connectivity index (χ1v) is 13.0. The van der Waals surface area contributed by atoms with Gasteiger partial charge < -0.3 is 19.2 Å². The van der Waals surface area contributed by atoms with Gasteiger partial charge in [-0.25, -0.2) is 0 Å². The molecule has 0 bridgehead atoms. The van der Waals surface area contributed by atoms with Gasteiger partial charge in [0.05, 0.1) is 31.7 Å². The minimum absolute atomic E-state index is 0.0137. The van der Waals surface area contributed by atoms with E-state index < -0.39 is 10.8 Å². The lowest BCUT2D eigenvalue weighted by Crippen LogP contribution is -2.11. The Hall–Kier alpha value is -2.85. The smallest absolute Gasteiger partial charge is 0.291 e. The number of carbonyl (C=O) groups excluding carboxylic acids is 1. The van der Waals surface area contributed by atoms with Crippen molar-refractivity contribution in [1.29, 1.82) is 0 Å². The molecule has 0 spiro atoms. The van der Waals surface area contributed by atoms with E-state index >= 15 is 0 Å². The van der Waals surface area contributed by atoms with Crippen LogP contribution >= 0.6 is 69.6 Å². The number of hydrogen-bond donors (Lipinski definition) is 1. The summed E-state index contributed by atoms with van der Waals surface area (Å²) in [7, 11) is 0. The van der Waals surface area contributed by atoms with Crippen LogP contribution in [0.1, 0.15) is 21.9 Å². The molecule has 1 heterocycles. The third-order valence-electron chi connectivity index (χ3n) is 5.14. The van der Waals surface area contributed by atoms with Crippen molar-refractivity contribution in [3.63, 3.8) is 0 Å². The number of benzene rings is 3. The number of non-ortho nitro benzene ring substituents is 1. The van der Waals surface area contributed by atoms with Crippen LogP contribution in [0.5, 0.6) is 17.2 Å². The molecule has 0 aliphatic rings. The van der Waals surface area contributed by atoms with E-state index in [1.165, 1.54) is 30.3 Å². The van der Waals surface area contributed by atoms with E-state index in [0.29, 0.717) is 10.8 Å². The quantitative estimate of drug-likeness (QED) is 0.0881. The average molecular weight is 651 g/mol. The second-order valence-electron chi connectivity index (χ2n) is 7.89. The van der Waals surface area contributed by atoms with Crippen molar-refractivity contribution >= 4 is 86.9 Å². The number of hydrogen-bond acceptors (Lipinski definition) is 6. The lowest BCUT2D eigenvalue weighted by molar-refractivity contribution is -0.384. The summed E-state index contributed by atoms with van der Waals surface area (Å²) in [5.41, 5.74) is 0.529. The molecule has 3 aromatic carbocycles. The molecule has 14 heteroatoms. The van der Waals surface area contributed by atoms with Crippen LogP contribution in [0.15, 0.2) is 52.9 Å². The van der Waals surface area contributed by atoms with Gasteiger partial charge in [0.15, 0.2) is 11.5 Å². The minimum atomic E-state index is -0.677. The lowest BCUT2D eigenvalue weighted by atomic mass is 10.2. The van der Waals surface area contributed by atoms with Crippen molar-refractivity contribution in [3.05, 3.63) is 106 Å². The van der Waals surface area contributed by atoms with E-state index in [0.717, 1.165) is 5.56 Å². The van der Waals surface area contributed by atoms with Crippen LogP contribution in [0.3, 0.4) is 0 Å².